The van der Waals surface area contributed by atoms with Crippen molar-refractivity contribution >= 4 is 11.8 Å². The highest BCUT2D eigenvalue weighted by Gasteiger charge is 2.06. The van der Waals surface area contributed by atoms with Gasteiger partial charge in [0, 0.05) is 0 Å². The first-order valence-electron chi connectivity index (χ1n) is 4.01. The SMILES string of the molecule is C=CC(=O)CC(=O)OCCCC. The molecule has 0 unspecified atom stereocenters. The molecule has 12 heavy (non-hydrogen) atoms. The average Bonchev–Trinajstić information content (AvgIpc) is 2.05. The van der Waals surface area contributed by atoms with E-state index >= 15 is 0 Å². The maximum atomic E-state index is 10.8. The van der Waals surface area contributed by atoms with Crippen molar-refractivity contribution in [3.63, 3.8) is 0 Å². The Kier molecular flexibility index (Phi) is 5.97. The molecule has 0 aromatic heterocycles. The molecule has 0 aliphatic rings. The zero-order chi connectivity index (χ0) is 9.40. The van der Waals surface area contributed by atoms with E-state index in [1.807, 2.05) is 6.92 Å². The number of rotatable bonds is 6. The molecular formula is C9H14O3. The lowest BCUT2D eigenvalue weighted by Gasteiger charge is -2.00. The van der Waals surface area contributed by atoms with Crippen LogP contribution in [-0.4, -0.2) is 18.4 Å². The van der Waals surface area contributed by atoms with Crippen LogP contribution in [-0.2, 0) is 14.3 Å². The fourth-order valence-electron chi connectivity index (χ4n) is 0.596. The van der Waals surface area contributed by atoms with Crippen LogP contribution >= 0.6 is 0 Å². The molecule has 0 fully saturated rings. The quantitative estimate of drug-likeness (QED) is 0.262. The lowest BCUT2D eigenvalue weighted by molar-refractivity contribution is -0.145. The average molecular weight is 170 g/mol. The smallest absolute Gasteiger partial charge is 0.313 e. The third-order valence-corrected chi connectivity index (χ3v) is 1.31. The number of allylic oxidation sites excluding steroid dienone is 1. The molecule has 0 saturated carbocycles. The van der Waals surface area contributed by atoms with Crippen LogP contribution in [0.4, 0.5) is 0 Å². The van der Waals surface area contributed by atoms with Crippen molar-refractivity contribution in [3.05, 3.63) is 12.7 Å². The Morgan fingerprint density at radius 3 is 2.67 bits per heavy atom. The van der Waals surface area contributed by atoms with Crippen LogP contribution in [0, 0.1) is 0 Å². The van der Waals surface area contributed by atoms with Crippen LogP contribution in [0.2, 0.25) is 0 Å². The summed E-state index contributed by atoms with van der Waals surface area (Å²) in [6, 6.07) is 0. The molecule has 3 nitrogen and oxygen atoms in total. The Morgan fingerprint density at radius 2 is 2.17 bits per heavy atom. The van der Waals surface area contributed by atoms with Gasteiger partial charge in [-0.2, -0.15) is 0 Å². The minimum atomic E-state index is -0.464. The van der Waals surface area contributed by atoms with E-state index in [-0.39, 0.29) is 12.2 Å². The van der Waals surface area contributed by atoms with E-state index in [1.165, 1.54) is 0 Å². The van der Waals surface area contributed by atoms with Crippen LogP contribution in [0.25, 0.3) is 0 Å². The number of hydrogen-bond donors (Lipinski definition) is 0. The van der Waals surface area contributed by atoms with Gasteiger partial charge in [-0.1, -0.05) is 19.9 Å². The number of unbranched alkanes of at least 4 members (excludes halogenated alkanes) is 1. The Morgan fingerprint density at radius 1 is 1.50 bits per heavy atom. The van der Waals surface area contributed by atoms with E-state index < -0.39 is 5.97 Å². The molecule has 0 N–H and O–H groups in total. The molecule has 3 heteroatoms. The van der Waals surface area contributed by atoms with Gasteiger partial charge in [0.15, 0.2) is 5.78 Å². The summed E-state index contributed by atoms with van der Waals surface area (Å²) < 4.78 is 4.75. The van der Waals surface area contributed by atoms with Gasteiger partial charge in [-0.05, 0) is 12.5 Å². The molecule has 0 heterocycles. The number of hydrogen-bond acceptors (Lipinski definition) is 3. The Balaban J connectivity index is 3.46. The van der Waals surface area contributed by atoms with Crippen LogP contribution in [0.5, 0.6) is 0 Å². The summed E-state index contributed by atoms with van der Waals surface area (Å²) in [6.07, 6.45) is 2.75. The Bertz CT molecular complexity index is 173. The number of esters is 1. The van der Waals surface area contributed by atoms with Crippen LogP contribution in [0.15, 0.2) is 12.7 Å². The lowest BCUT2D eigenvalue weighted by Crippen LogP contribution is -2.10. The summed E-state index contributed by atoms with van der Waals surface area (Å²) >= 11 is 0. The molecule has 68 valence electrons. The minimum Gasteiger partial charge on any atom is -0.465 e. The molecule has 0 aliphatic carbocycles. The van der Waals surface area contributed by atoms with Gasteiger partial charge >= 0.3 is 5.97 Å². The largest absolute Gasteiger partial charge is 0.465 e. The summed E-state index contributed by atoms with van der Waals surface area (Å²) in [4.78, 5) is 21.4. The summed E-state index contributed by atoms with van der Waals surface area (Å²) in [5, 5.41) is 0. The topological polar surface area (TPSA) is 43.4 Å². The van der Waals surface area contributed by atoms with Crippen molar-refractivity contribution < 1.29 is 14.3 Å². The van der Waals surface area contributed by atoms with Gasteiger partial charge in [0.25, 0.3) is 0 Å². The monoisotopic (exact) mass is 170 g/mol. The first-order chi connectivity index (χ1) is 5.70. The van der Waals surface area contributed by atoms with E-state index in [0.29, 0.717) is 6.61 Å². The second-order valence-electron chi connectivity index (χ2n) is 2.42. The van der Waals surface area contributed by atoms with Crippen molar-refractivity contribution in [2.24, 2.45) is 0 Å². The molecule has 0 aromatic carbocycles. The summed E-state index contributed by atoms with van der Waals surface area (Å²) in [5.74, 6) is -0.759. The van der Waals surface area contributed by atoms with E-state index in [4.69, 9.17) is 4.74 Å². The van der Waals surface area contributed by atoms with Crippen LogP contribution in [0.3, 0.4) is 0 Å². The molecule has 0 aliphatic heterocycles. The molecule has 0 rings (SSSR count). The van der Waals surface area contributed by atoms with E-state index in [0.717, 1.165) is 18.9 Å². The molecule has 0 atom stereocenters. The highest BCUT2D eigenvalue weighted by Crippen LogP contribution is 1.93. The van der Waals surface area contributed by atoms with Crippen molar-refractivity contribution in [1.29, 1.82) is 0 Å². The predicted molar refractivity (Wildman–Crippen MR) is 45.7 cm³/mol. The Labute approximate surface area is 72.4 Å². The van der Waals surface area contributed by atoms with Crippen molar-refractivity contribution in [1.82, 2.24) is 0 Å². The predicted octanol–water partition coefficient (Wildman–Crippen LogP) is 1.47. The normalized spacial score (nSPS) is 9.08. The lowest BCUT2D eigenvalue weighted by atomic mass is 10.3. The minimum absolute atomic E-state index is 0.187. The summed E-state index contributed by atoms with van der Waals surface area (Å²) in [5.41, 5.74) is 0. The van der Waals surface area contributed by atoms with Crippen LogP contribution < -0.4 is 0 Å². The molecule has 0 spiro atoms. The van der Waals surface area contributed by atoms with Gasteiger partial charge in [0.2, 0.25) is 0 Å². The fraction of sp³-hybridized carbons (Fsp3) is 0.556. The van der Waals surface area contributed by atoms with E-state index in [2.05, 4.69) is 6.58 Å². The van der Waals surface area contributed by atoms with Gasteiger partial charge in [-0.3, -0.25) is 9.59 Å². The van der Waals surface area contributed by atoms with Gasteiger partial charge in [0.1, 0.15) is 6.42 Å². The number of ketones is 1. The van der Waals surface area contributed by atoms with Gasteiger partial charge in [-0.25, -0.2) is 0 Å². The van der Waals surface area contributed by atoms with E-state index in [9.17, 15) is 9.59 Å². The van der Waals surface area contributed by atoms with Gasteiger partial charge in [0.05, 0.1) is 6.61 Å². The highest BCUT2D eigenvalue weighted by atomic mass is 16.5. The maximum Gasteiger partial charge on any atom is 0.313 e. The van der Waals surface area contributed by atoms with Crippen molar-refractivity contribution in [2.75, 3.05) is 6.61 Å². The van der Waals surface area contributed by atoms with Gasteiger partial charge in [-0.15, -0.1) is 0 Å². The third-order valence-electron chi connectivity index (χ3n) is 1.31. The zero-order valence-electron chi connectivity index (χ0n) is 7.34. The fourth-order valence-corrected chi connectivity index (χ4v) is 0.596. The maximum absolute atomic E-state index is 10.8. The standard InChI is InChI=1S/C9H14O3/c1-3-5-6-12-9(11)7-8(10)4-2/h4H,2-3,5-7H2,1H3. The van der Waals surface area contributed by atoms with Crippen molar-refractivity contribution in [3.8, 4) is 0 Å². The van der Waals surface area contributed by atoms with Gasteiger partial charge < -0.3 is 4.74 Å². The first-order valence-corrected chi connectivity index (χ1v) is 4.01. The summed E-state index contributed by atoms with van der Waals surface area (Å²) in [6.45, 7) is 5.66. The van der Waals surface area contributed by atoms with Crippen LogP contribution in [0.1, 0.15) is 26.2 Å². The third kappa shape index (κ3) is 5.65. The second kappa shape index (κ2) is 6.58. The van der Waals surface area contributed by atoms with E-state index in [1.54, 1.807) is 0 Å². The highest BCUT2D eigenvalue weighted by molar-refractivity contribution is 6.01. The first kappa shape index (κ1) is 10.9. The number of carbonyl (C=O) groups excluding carboxylic acids is 2. The Hall–Kier alpha value is -1.12. The zero-order valence-corrected chi connectivity index (χ0v) is 7.34. The molecule has 0 aromatic rings. The molecule has 0 bridgehead atoms. The number of ether oxygens (including phenoxy) is 1. The molecule has 0 radical (unpaired) electrons. The number of carbonyl (C=O) groups is 2. The molecule has 0 saturated heterocycles. The molecule has 0 amide bonds. The molecular weight excluding hydrogens is 156 g/mol. The summed E-state index contributed by atoms with van der Waals surface area (Å²) in [7, 11) is 0. The van der Waals surface area contributed by atoms with Crippen molar-refractivity contribution in [2.45, 2.75) is 26.2 Å². The second-order valence-corrected chi connectivity index (χ2v) is 2.42.